The first kappa shape index (κ1) is 17.6. The summed E-state index contributed by atoms with van der Waals surface area (Å²) in [4.78, 5) is 20.5. The minimum Gasteiger partial charge on any atom is -0.354 e. The highest BCUT2D eigenvalue weighted by atomic mass is 16.1. The quantitative estimate of drug-likeness (QED) is 0.699. The number of benzene rings is 1. The standard InChI is InChI=1S/C21H22N4O/c1-15(2)17-5-7-19(8-6-17)25-20-10-18(13-23-14-20)21(26)24-12-16-4-3-9-22-11-16/h3-11,13-15,25H,12H2,1-2H3,(H,24,26). The summed E-state index contributed by atoms with van der Waals surface area (Å²) < 4.78 is 0. The number of hydrogen-bond donors (Lipinski definition) is 2. The van der Waals surface area contributed by atoms with Crippen molar-refractivity contribution < 1.29 is 4.79 Å². The maximum atomic E-state index is 12.3. The van der Waals surface area contributed by atoms with E-state index in [4.69, 9.17) is 0 Å². The molecule has 0 atom stereocenters. The van der Waals surface area contributed by atoms with E-state index in [0.29, 0.717) is 18.0 Å². The Morgan fingerprint density at radius 1 is 1.00 bits per heavy atom. The van der Waals surface area contributed by atoms with E-state index >= 15 is 0 Å². The molecule has 0 radical (unpaired) electrons. The fraction of sp³-hybridized carbons (Fsp3) is 0.190. The van der Waals surface area contributed by atoms with E-state index in [1.54, 1.807) is 30.9 Å². The highest BCUT2D eigenvalue weighted by Crippen LogP contribution is 2.20. The molecule has 3 aromatic rings. The summed E-state index contributed by atoms with van der Waals surface area (Å²) in [5.41, 5.74) is 4.49. The van der Waals surface area contributed by atoms with Crippen LogP contribution in [0.15, 0.2) is 67.3 Å². The fourth-order valence-corrected chi connectivity index (χ4v) is 2.54. The van der Waals surface area contributed by atoms with Crippen LogP contribution in [-0.2, 0) is 6.54 Å². The highest BCUT2D eigenvalue weighted by molar-refractivity contribution is 5.94. The van der Waals surface area contributed by atoms with Gasteiger partial charge in [0.25, 0.3) is 5.91 Å². The van der Waals surface area contributed by atoms with E-state index in [1.165, 1.54) is 5.56 Å². The summed E-state index contributed by atoms with van der Waals surface area (Å²) in [6.07, 6.45) is 6.70. The molecule has 1 aromatic carbocycles. The van der Waals surface area contributed by atoms with Gasteiger partial charge < -0.3 is 10.6 Å². The molecule has 26 heavy (non-hydrogen) atoms. The van der Waals surface area contributed by atoms with Gasteiger partial charge >= 0.3 is 0 Å². The lowest BCUT2D eigenvalue weighted by Crippen LogP contribution is -2.23. The van der Waals surface area contributed by atoms with E-state index in [0.717, 1.165) is 16.9 Å². The predicted octanol–water partition coefficient (Wildman–Crippen LogP) is 4.27. The normalized spacial score (nSPS) is 10.6. The minimum atomic E-state index is -0.167. The Labute approximate surface area is 153 Å². The lowest BCUT2D eigenvalue weighted by Gasteiger charge is -2.10. The number of rotatable bonds is 6. The van der Waals surface area contributed by atoms with Gasteiger partial charge in [0.15, 0.2) is 0 Å². The van der Waals surface area contributed by atoms with Gasteiger partial charge in [0.05, 0.1) is 17.4 Å². The van der Waals surface area contributed by atoms with Crippen LogP contribution in [0.5, 0.6) is 0 Å². The Morgan fingerprint density at radius 2 is 1.81 bits per heavy atom. The lowest BCUT2D eigenvalue weighted by atomic mass is 10.0. The van der Waals surface area contributed by atoms with Crippen molar-refractivity contribution in [1.82, 2.24) is 15.3 Å². The van der Waals surface area contributed by atoms with Gasteiger partial charge in [0.1, 0.15) is 0 Å². The van der Waals surface area contributed by atoms with Gasteiger partial charge in [-0.3, -0.25) is 14.8 Å². The smallest absolute Gasteiger partial charge is 0.253 e. The van der Waals surface area contributed by atoms with E-state index in [1.807, 2.05) is 24.3 Å². The van der Waals surface area contributed by atoms with Gasteiger partial charge in [-0.1, -0.05) is 32.0 Å². The number of aromatic nitrogens is 2. The van der Waals surface area contributed by atoms with Crippen molar-refractivity contribution in [3.8, 4) is 0 Å². The summed E-state index contributed by atoms with van der Waals surface area (Å²) in [6.45, 7) is 4.76. The van der Waals surface area contributed by atoms with Crippen molar-refractivity contribution in [1.29, 1.82) is 0 Å². The number of pyridine rings is 2. The first-order valence-electron chi connectivity index (χ1n) is 8.61. The Balaban J connectivity index is 1.64. The SMILES string of the molecule is CC(C)c1ccc(Nc2cncc(C(=O)NCc3cccnc3)c2)cc1. The number of carbonyl (C=O) groups is 1. The number of anilines is 2. The summed E-state index contributed by atoms with van der Waals surface area (Å²) in [5, 5.41) is 6.17. The number of nitrogens with zero attached hydrogens (tertiary/aromatic N) is 2. The third kappa shape index (κ3) is 4.66. The largest absolute Gasteiger partial charge is 0.354 e. The number of hydrogen-bond acceptors (Lipinski definition) is 4. The molecule has 3 rings (SSSR count). The maximum absolute atomic E-state index is 12.3. The molecule has 5 heteroatoms. The average molecular weight is 346 g/mol. The fourth-order valence-electron chi connectivity index (χ4n) is 2.54. The first-order valence-corrected chi connectivity index (χ1v) is 8.61. The van der Waals surface area contributed by atoms with E-state index in [-0.39, 0.29) is 5.91 Å². The molecule has 2 N–H and O–H groups in total. The summed E-state index contributed by atoms with van der Waals surface area (Å²) in [7, 11) is 0. The van der Waals surface area contributed by atoms with Gasteiger partial charge in [-0.05, 0) is 41.3 Å². The molecule has 0 unspecified atom stereocenters. The molecular formula is C21H22N4O. The van der Waals surface area contributed by atoms with Crippen molar-refractivity contribution in [2.24, 2.45) is 0 Å². The number of amides is 1. The maximum Gasteiger partial charge on any atom is 0.253 e. The van der Waals surface area contributed by atoms with Gasteiger partial charge in [0, 0.05) is 30.8 Å². The van der Waals surface area contributed by atoms with Crippen LogP contribution in [0.4, 0.5) is 11.4 Å². The van der Waals surface area contributed by atoms with Crippen LogP contribution in [0.3, 0.4) is 0 Å². The van der Waals surface area contributed by atoms with Crippen LogP contribution in [0.25, 0.3) is 0 Å². The van der Waals surface area contributed by atoms with Crippen molar-refractivity contribution in [2.45, 2.75) is 26.3 Å². The Morgan fingerprint density at radius 3 is 2.50 bits per heavy atom. The predicted molar refractivity (Wildman–Crippen MR) is 103 cm³/mol. The molecule has 0 aliphatic rings. The van der Waals surface area contributed by atoms with Crippen LogP contribution in [0.1, 0.15) is 41.3 Å². The Kier molecular flexibility index (Phi) is 5.59. The molecule has 1 amide bonds. The highest BCUT2D eigenvalue weighted by Gasteiger charge is 2.07. The van der Waals surface area contributed by atoms with Crippen LogP contribution < -0.4 is 10.6 Å². The number of carbonyl (C=O) groups excluding carboxylic acids is 1. The molecule has 0 spiro atoms. The monoisotopic (exact) mass is 346 g/mol. The van der Waals surface area contributed by atoms with Gasteiger partial charge in [0.2, 0.25) is 0 Å². The molecular weight excluding hydrogens is 324 g/mol. The van der Waals surface area contributed by atoms with Crippen LogP contribution in [-0.4, -0.2) is 15.9 Å². The Bertz CT molecular complexity index is 861. The Hall–Kier alpha value is -3.21. The molecule has 0 saturated heterocycles. The molecule has 2 aromatic heterocycles. The van der Waals surface area contributed by atoms with Crippen LogP contribution in [0.2, 0.25) is 0 Å². The van der Waals surface area contributed by atoms with Crippen molar-refractivity contribution in [2.75, 3.05) is 5.32 Å². The van der Waals surface area contributed by atoms with Crippen LogP contribution >= 0.6 is 0 Å². The van der Waals surface area contributed by atoms with Gasteiger partial charge in [-0.15, -0.1) is 0 Å². The summed E-state index contributed by atoms with van der Waals surface area (Å²) in [6, 6.07) is 13.8. The number of nitrogens with one attached hydrogen (secondary N) is 2. The third-order valence-corrected chi connectivity index (χ3v) is 4.04. The molecule has 0 fully saturated rings. The van der Waals surface area contributed by atoms with Gasteiger partial charge in [-0.2, -0.15) is 0 Å². The van der Waals surface area contributed by atoms with E-state index < -0.39 is 0 Å². The average Bonchev–Trinajstić information content (AvgIpc) is 2.67. The zero-order valence-electron chi connectivity index (χ0n) is 14.9. The van der Waals surface area contributed by atoms with Crippen molar-refractivity contribution in [3.05, 3.63) is 83.9 Å². The zero-order chi connectivity index (χ0) is 18.4. The molecule has 5 nitrogen and oxygen atoms in total. The molecule has 0 bridgehead atoms. The third-order valence-electron chi connectivity index (χ3n) is 4.04. The second kappa shape index (κ2) is 8.25. The molecule has 2 heterocycles. The van der Waals surface area contributed by atoms with E-state index in [9.17, 15) is 4.79 Å². The van der Waals surface area contributed by atoms with Crippen LogP contribution in [0, 0.1) is 0 Å². The molecule has 0 saturated carbocycles. The zero-order valence-corrected chi connectivity index (χ0v) is 14.9. The van der Waals surface area contributed by atoms with Crippen molar-refractivity contribution >= 4 is 17.3 Å². The topological polar surface area (TPSA) is 66.9 Å². The molecule has 0 aliphatic heterocycles. The minimum absolute atomic E-state index is 0.167. The molecule has 132 valence electrons. The summed E-state index contributed by atoms with van der Waals surface area (Å²) in [5.74, 6) is 0.331. The lowest BCUT2D eigenvalue weighted by molar-refractivity contribution is 0.0950. The molecule has 0 aliphatic carbocycles. The second-order valence-electron chi connectivity index (χ2n) is 6.41. The van der Waals surface area contributed by atoms with E-state index in [2.05, 4.69) is 46.6 Å². The summed E-state index contributed by atoms with van der Waals surface area (Å²) >= 11 is 0. The first-order chi connectivity index (χ1) is 12.6. The van der Waals surface area contributed by atoms with Gasteiger partial charge in [-0.25, -0.2) is 0 Å². The second-order valence-corrected chi connectivity index (χ2v) is 6.41. The van der Waals surface area contributed by atoms with Crippen molar-refractivity contribution in [3.63, 3.8) is 0 Å².